The lowest BCUT2D eigenvalue weighted by Gasteiger charge is -2.10. The van der Waals surface area contributed by atoms with Crippen LogP contribution in [-0.4, -0.2) is 17.0 Å². The molecule has 2 N–H and O–H groups in total. The smallest absolute Gasteiger partial charge is 0.335 e. The molecule has 0 spiro atoms. The molecule has 0 bridgehead atoms. The summed E-state index contributed by atoms with van der Waals surface area (Å²) in [6.45, 7) is 6.01. The summed E-state index contributed by atoms with van der Waals surface area (Å²) in [5, 5.41) is 11.8. The van der Waals surface area contributed by atoms with Crippen molar-refractivity contribution in [3.05, 3.63) is 64.7 Å². The second kappa shape index (κ2) is 6.43. The van der Waals surface area contributed by atoms with E-state index in [0.29, 0.717) is 17.2 Å². The van der Waals surface area contributed by atoms with Gasteiger partial charge in [0.1, 0.15) is 0 Å². The normalized spacial score (nSPS) is 10.5. The fourth-order valence-electron chi connectivity index (χ4n) is 2.10. The van der Waals surface area contributed by atoms with Gasteiger partial charge in [-0.1, -0.05) is 32.0 Å². The molecule has 0 saturated carbocycles. The molecular weight excluding hydrogens is 278 g/mol. The first-order valence-corrected chi connectivity index (χ1v) is 7.13. The molecule has 0 heterocycles. The van der Waals surface area contributed by atoms with E-state index in [1.54, 1.807) is 18.2 Å². The maximum atomic E-state index is 12.3. The SMILES string of the molecule is Cc1ccc(C(=O)O)cc1NC(=O)c1ccc(C(C)C)cc1. The topological polar surface area (TPSA) is 66.4 Å². The van der Waals surface area contributed by atoms with Gasteiger partial charge in [-0.3, -0.25) is 4.79 Å². The molecule has 0 aliphatic rings. The van der Waals surface area contributed by atoms with Crippen LogP contribution < -0.4 is 5.32 Å². The number of anilines is 1. The van der Waals surface area contributed by atoms with E-state index in [-0.39, 0.29) is 11.5 Å². The number of nitrogens with one attached hydrogen (secondary N) is 1. The van der Waals surface area contributed by atoms with Gasteiger partial charge in [0.25, 0.3) is 5.91 Å². The van der Waals surface area contributed by atoms with Gasteiger partial charge in [0.2, 0.25) is 0 Å². The highest BCUT2D eigenvalue weighted by Crippen LogP contribution is 2.19. The van der Waals surface area contributed by atoms with Crippen LogP contribution in [0, 0.1) is 6.92 Å². The molecule has 0 aliphatic heterocycles. The summed E-state index contributed by atoms with van der Waals surface area (Å²) in [6, 6.07) is 12.1. The average molecular weight is 297 g/mol. The number of carboxylic acids is 1. The first-order chi connectivity index (χ1) is 10.4. The number of rotatable bonds is 4. The van der Waals surface area contributed by atoms with Crippen molar-refractivity contribution in [2.24, 2.45) is 0 Å². The first kappa shape index (κ1) is 15.8. The lowest BCUT2D eigenvalue weighted by Crippen LogP contribution is -2.13. The molecule has 0 saturated heterocycles. The third kappa shape index (κ3) is 3.52. The third-order valence-corrected chi connectivity index (χ3v) is 3.57. The van der Waals surface area contributed by atoms with E-state index in [4.69, 9.17) is 5.11 Å². The van der Waals surface area contributed by atoms with E-state index >= 15 is 0 Å². The van der Waals surface area contributed by atoms with Gasteiger partial charge in [-0.15, -0.1) is 0 Å². The Bertz CT molecular complexity index is 703. The number of hydrogen-bond donors (Lipinski definition) is 2. The van der Waals surface area contributed by atoms with Gasteiger partial charge >= 0.3 is 5.97 Å². The quantitative estimate of drug-likeness (QED) is 0.894. The second-order valence-electron chi connectivity index (χ2n) is 5.57. The van der Waals surface area contributed by atoms with Crippen molar-refractivity contribution in [2.45, 2.75) is 26.7 Å². The van der Waals surface area contributed by atoms with Crippen molar-refractivity contribution in [3.63, 3.8) is 0 Å². The molecule has 0 aliphatic carbocycles. The van der Waals surface area contributed by atoms with Crippen LogP contribution in [-0.2, 0) is 0 Å². The zero-order chi connectivity index (χ0) is 16.3. The number of hydrogen-bond acceptors (Lipinski definition) is 2. The highest BCUT2D eigenvalue weighted by atomic mass is 16.4. The number of carbonyl (C=O) groups excluding carboxylic acids is 1. The molecule has 1 amide bonds. The van der Waals surface area contributed by atoms with Gasteiger partial charge < -0.3 is 10.4 Å². The minimum atomic E-state index is -1.02. The molecule has 4 heteroatoms. The van der Waals surface area contributed by atoms with Crippen molar-refractivity contribution in [2.75, 3.05) is 5.32 Å². The van der Waals surface area contributed by atoms with Crippen molar-refractivity contribution in [3.8, 4) is 0 Å². The Kier molecular flexibility index (Phi) is 4.61. The van der Waals surface area contributed by atoms with Gasteiger partial charge in [-0.25, -0.2) is 4.79 Å². The van der Waals surface area contributed by atoms with E-state index in [9.17, 15) is 9.59 Å². The number of carboxylic acid groups (broad SMARTS) is 1. The number of aryl methyl sites for hydroxylation is 1. The van der Waals surface area contributed by atoms with Crippen LogP contribution in [0.1, 0.15) is 51.6 Å². The van der Waals surface area contributed by atoms with Crippen LogP contribution in [0.4, 0.5) is 5.69 Å². The van der Waals surface area contributed by atoms with E-state index < -0.39 is 5.97 Å². The van der Waals surface area contributed by atoms with E-state index in [1.165, 1.54) is 17.7 Å². The van der Waals surface area contributed by atoms with Crippen molar-refractivity contribution in [1.29, 1.82) is 0 Å². The summed E-state index contributed by atoms with van der Waals surface area (Å²) in [4.78, 5) is 23.3. The average Bonchev–Trinajstić information content (AvgIpc) is 2.49. The minimum Gasteiger partial charge on any atom is -0.478 e. The number of benzene rings is 2. The highest BCUT2D eigenvalue weighted by molar-refractivity contribution is 6.05. The maximum absolute atomic E-state index is 12.3. The molecule has 0 aromatic heterocycles. The zero-order valence-electron chi connectivity index (χ0n) is 12.9. The molecule has 2 aromatic carbocycles. The van der Waals surface area contributed by atoms with Gasteiger partial charge in [-0.05, 0) is 48.2 Å². The van der Waals surface area contributed by atoms with Crippen molar-refractivity contribution >= 4 is 17.6 Å². The van der Waals surface area contributed by atoms with E-state index in [2.05, 4.69) is 19.2 Å². The van der Waals surface area contributed by atoms with Crippen LogP contribution in [0.25, 0.3) is 0 Å². The fourth-order valence-corrected chi connectivity index (χ4v) is 2.10. The van der Waals surface area contributed by atoms with E-state index in [1.807, 2.05) is 19.1 Å². The summed E-state index contributed by atoms with van der Waals surface area (Å²) >= 11 is 0. The number of aromatic carboxylic acids is 1. The predicted octanol–water partition coefficient (Wildman–Crippen LogP) is 4.07. The summed E-state index contributed by atoms with van der Waals surface area (Å²) in [5.74, 6) is -0.857. The van der Waals surface area contributed by atoms with Crippen LogP contribution in [0.2, 0.25) is 0 Å². The minimum absolute atomic E-state index is 0.149. The molecular formula is C18H19NO3. The first-order valence-electron chi connectivity index (χ1n) is 7.13. The second-order valence-corrected chi connectivity index (χ2v) is 5.57. The standard InChI is InChI=1S/C18H19NO3/c1-11(2)13-6-8-14(9-7-13)17(20)19-16-10-15(18(21)22)5-4-12(16)3/h4-11H,1-3H3,(H,19,20)(H,21,22). The van der Waals surface area contributed by atoms with E-state index in [0.717, 1.165) is 5.56 Å². The van der Waals surface area contributed by atoms with Crippen LogP contribution in [0.5, 0.6) is 0 Å². The molecule has 2 aromatic rings. The van der Waals surface area contributed by atoms with Crippen LogP contribution in [0.3, 0.4) is 0 Å². The highest BCUT2D eigenvalue weighted by Gasteiger charge is 2.11. The molecule has 4 nitrogen and oxygen atoms in total. The summed E-state index contributed by atoms with van der Waals surface area (Å²) < 4.78 is 0. The summed E-state index contributed by atoms with van der Waals surface area (Å²) in [5.41, 5.74) is 3.19. The maximum Gasteiger partial charge on any atom is 0.335 e. The van der Waals surface area contributed by atoms with Gasteiger partial charge in [-0.2, -0.15) is 0 Å². The van der Waals surface area contributed by atoms with Gasteiger partial charge in [0.05, 0.1) is 5.56 Å². The Morgan fingerprint density at radius 3 is 2.14 bits per heavy atom. The fraction of sp³-hybridized carbons (Fsp3) is 0.222. The van der Waals surface area contributed by atoms with Crippen molar-refractivity contribution < 1.29 is 14.7 Å². The Labute approximate surface area is 129 Å². The molecule has 2 rings (SSSR count). The largest absolute Gasteiger partial charge is 0.478 e. The number of amides is 1. The Hall–Kier alpha value is -2.62. The molecule has 0 radical (unpaired) electrons. The third-order valence-electron chi connectivity index (χ3n) is 3.57. The molecule has 0 fully saturated rings. The van der Waals surface area contributed by atoms with Crippen molar-refractivity contribution in [1.82, 2.24) is 0 Å². The lowest BCUT2D eigenvalue weighted by molar-refractivity contribution is 0.0696. The predicted molar refractivity (Wildman–Crippen MR) is 86.6 cm³/mol. The van der Waals surface area contributed by atoms with Crippen LogP contribution >= 0.6 is 0 Å². The zero-order valence-corrected chi connectivity index (χ0v) is 12.9. The molecule has 0 unspecified atom stereocenters. The van der Waals surface area contributed by atoms with Gasteiger partial charge in [0.15, 0.2) is 0 Å². The molecule has 22 heavy (non-hydrogen) atoms. The van der Waals surface area contributed by atoms with Gasteiger partial charge in [0, 0.05) is 11.3 Å². The van der Waals surface area contributed by atoms with Crippen LogP contribution in [0.15, 0.2) is 42.5 Å². The Morgan fingerprint density at radius 1 is 1.00 bits per heavy atom. The monoisotopic (exact) mass is 297 g/mol. The summed E-state index contributed by atoms with van der Waals surface area (Å²) in [7, 11) is 0. The summed E-state index contributed by atoms with van der Waals surface area (Å²) in [6.07, 6.45) is 0. The lowest BCUT2D eigenvalue weighted by atomic mass is 10.0. The molecule has 0 atom stereocenters. The number of carbonyl (C=O) groups is 2. The Morgan fingerprint density at radius 2 is 1.59 bits per heavy atom. The molecule has 114 valence electrons. The Balaban J connectivity index is 2.21.